The van der Waals surface area contributed by atoms with Gasteiger partial charge in [-0.3, -0.25) is 4.79 Å². The van der Waals surface area contributed by atoms with E-state index in [1.165, 1.54) is 11.8 Å². The van der Waals surface area contributed by atoms with Gasteiger partial charge in [0.25, 0.3) is 5.91 Å². The molecule has 1 atom stereocenters. The molecule has 15 heavy (non-hydrogen) atoms. The summed E-state index contributed by atoms with van der Waals surface area (Å²) >= 11 is 7.46. The van der Waals surface area contributed by atoms with Crippen molar-refractivity contribution in [3.8, 4) is 6.07 Å². The number of nitriles is 1. The van der Waals surface area contributed by atoms with Crippen LogP contribution in [0.5, 0.6) is 0 Å². The molecule has 1 N–H and O–H groups in total. The third kappa shape index (κ3) is 1.39. The summed E-state index contributed by atoms with van der Waals surface area (Å²) in [6.07, 6.45) is 1.76. The van der Waals surface area contributed by atoms with Crippen LogP contribution in [0.15, 0.2) is 18.2 Å². The van der Waals surface area contributed by atoms with E-state index in [0.29, 0.717) is 16.8 Å². The lowest BCUT2D eigenvalue weighted by Crippen LogP contribution is -2.24. The molecule has 2 rings (SSSR count). The van der Waals surface area contributed by atoms with Crippen LogP contribution in [0.2, 0.25) is 0 Å². The van der Waals surface area contributed by atoms with Gasteiger partial charge in [0, 0.05) is 11.3 Å². The maximum absolute atomic E-state index is 11.6. The summed E-state index contributed by atoms with van der Waals surface area (Å²) < 4.78 is -1.10. The molecule has 0 radical (unpaired) electrons. The van der Waals surface area contributed by atoms with Crippen LogP contribution in [0.3, 0.4) is 0 Å². The second-order valence-corrected chi connectivity index (χ2v) is 4.94. The Bertz CT molecular complexity index is 483. The van der Waals surface area contributed by atoms with E-state index in [1.54, 1.807) is 24.5 Å². The van der Waals surface area contributed by atoms with E-state index in [4.69, 9.17) is 16.9 Å². The first-order valence-corrected chi connectivity index (χ1v) is 5.82. The van der Waals surface area contributed by atoms with Gasteiger partial charge in [-0.25, -0.2) is 0 Å². The number of carbonyl (C=O) groups excluding carboxylic acids is 1. The average molecular weight is 239 g/mol. The number of thioether (sulfide) groups is 1. The second kappa shape index (κ2) is 3.44. The molecular weight excluding hydrogens is 232 g/mol. The molecule has 0 aliphatic carbocycles. The number of fused-ring (bicyclic) bond motifs is 1. The van der Waals surface area contributed by atoms with E-state index in [-0.39, 0.29) is 5.91 Å². The van der Waals surface area contributed by atoms with Crippen molar-refractivity contribution in [3.05, 3.63) is 29.3 Å². The zero-order chi connectivity index (χ0) is 11.1. The minimum atomic E-state index is -1.10. The molecule has 1 amide bonds. The highest BCUT2D eigenvalue weighted by Crippen LogP contribution is 2.48. The lowest BCUT2D eigenvalue weighted by Gasteiger charge is -2.15. The average Bonchev–Trinajstić information content (AvgIpc) is 2.52. The predicted molar refractivity (Wildman–Crippen MR) is 60.8 cm³/mol. The maximum Gasteiger partial charge on any atom is 0.260 e. The third-order valence-corrected chi connectivity index (χ3v) is 4.12. The highest BCUT2D eigenvalue weighted by molar-refractivity contribution is 8.01. The summed E-state index contributed by atoms with van der Waals surface area (Å²) in [5, 5.41) is 11.5. The molecule has 1 aliphatic heterocycles. The molecular formula is C10H7ClN2OS. The Hall–Kier alpha value is -1.18. The molecule has 0 fully saturated rings. The highest BCUT2D eigenvalue weighted by atomic mass is 35.5. The van der Waals surface area contributed by atoms with Gasteiger partial charge in [-0.15, -0.1) is 11.8 Å². The summed E-state index contributed by atoms with van der Waals surface area (Å²) in [6, 6.07) is 7.03. The number of amides is 1. The van der Waals surface area contributed by atoms with Gasteiger partial charge in [-0.2, -0.15) is 5.26 Å². The number of anilines is 1. The molecule has 0 saturated carbocycles. The van der Waals surface area contributed by atoms with Crippen molar-refractivity contribution in [2.45, 2.75) is 4.21 Å². The quantitative estimate of drug-likeness (QED) is 0.764. The summed E-state index contributed by atoms with van der Waals surface area (Å²) in [7, 11) is 0. The van der Waals surface area contributed by atoms with Crippen LogP contribution < -0.4 is 5.32 Å². The Morgan fingerprint density at radius 2 is 2.33 bits per heavy atom. The van der Waals surface area contributed by atoms with Crippen LogP contribution in [-0.2, 0) is 9.00 Å². The van der Waals surface area contributed by atoms with E-state index >= 15 is 0 Å². The summed E-state index contributed by atoms with van der Waals surface area (Å²) in [5.41, 5.74) is 1.85. The number of benzene rings is 1. The smallest absolute Gasteiger partial charge is 0.260 e. The van der Waals surface area contributed by atoms with Crippen LogP contribution in [-0.4, -0.2) is 12.2 Å². The first-order valence-electron chi connectivity index (χ1n) is 4.22. The van der Waals surface area contributed by atoms with Gasteiger partial charge in [0.1, 0.15) is 0 Å². The van der Waals surface area contributed by atoms with Gasteiger partial charge in [0.15, 0.2) is 4.21 Å². The molecule has 1 aliphatic rings. The van der Waals surface area contributed by atoms with E-state index in [2.05, 4.69) is 5.32 Å². The molecule has 1 heterocycles. The third-order valence-electron chi connectivity index (χ3n) is 2.32. The largest absolute Gasteiger partial charge is 0.323 e. The number of halogens is 1. The van der Waals surface area contributed by atoms with Gasteiger partial charge in [-0.1, -0.05) is 11.6 Å². The fourth-order valence-corrected chi connectivity index (χ4v) is 2.35. The van der Waals surface area contributed by atoms with Crippen molar-refractivity contribution in [2.24, 2.45) is 0 Å². The minimum absolute atomic E-state index is 0.248. The molecule has 76 valence electrons. The Labute approximate surface area is 96.4 Å². The van der Waals surface area contributed by atoms with E-state index in [1.807, 2.05) is 6.07 Å². The van der Waals surface area contributed by atoms with Crippen molar-refractivity contribution in [3.63, 3.8) is 0 Å². The standard InChI is InChI=1S/C10H7ClN2OS/c1-15-10(11)7-4-6(5-12)2-3-8(7)13-9(10)14/h2-4H,1H3,(H,13,14). The zero-order valence-electron chi connectivity index (χ0n) is 7.87. The molecule has 0 saturated heterocycles. The van der Waals surface area contributed by atoms with Crippen LogP contribution >= 0.6 is 23.4 Å². The van der Waals surface area contributed by atoms with Gasteiger partial charge < -0.3 is 5.32 Å². The van der Waals surface area contributed by atoms with Gasteiger partial charge >= 0.3 is 0 Å². The molecule has 1 aromatic carbocycles. The first kappa shape index (κ1) is 10.3. The molecule has 5 heteroatoms. The van der Waals surface area contributed by atoms with Crippen molar-refractivity contribution < 1.29 is 4.79 Å². The Morgan fingerprint density at radius 3 is 2.93 bits per heavy atom. The topological polar surface area (TPSA) is 52.9 Å². The number of carbonyl (C=O) groups is 1. The molecule has 0 aromatic heterocycles. The Morgan fingerprint density at radius 1 is 1.60 bits per heavy atom. The monoisotopic (exact) mass is 238 g/mol. The van der Waals surface area contributed by atoms with Crippen LogP contribution in [0, 0.1) is 11.3 Å². The number of hydrogen-bond acceptors (Lipinski definition) is 3. The van der Waals surface area contributed by atoms with Crippen LogP contribution in [0.4, 0.5) is 5.69 Å². The van der Waals surface area contributed by atoms with Crippen molar-refractivity contribution in [1.82, 2.24) is 0 Å². The zero-order valence-corrected chi connectivity index (χ0v) is 9.45. The van der Waals surface area contributed by atoms with E-state index in [0.717, 1.165) is 0 Å². The van der Waals surface area contributed by atoms with Crippen molar-refractivity contribution >= 4 is 35.0 Å². The van der Waals surface area contributed by atoms with Gasteiger partial charge in [0.05, 0.1) is 11.6 Å². The first-order chi connectivity index (χ1) is 7.11. The predicted octanol–water partition coefficient (Wildman–Crippen LogP) is 2.26. The van der Waals surface area contributed by atoms with Gasteiger partial charge in [0.2, 0.25) is 0 Å². The fourth-order valence-electron chi connectivity index (χ4n) is 1.52. The summed E-state index contributed by atoms with van der Waals surface area (Å²) in [6.45, 7) is 0. The fraction of sp³-hybridized carbons (Fsp3) is 0.200. The number of alkyl halides is 1. The number of rotatable bonds is 1. The summed E-state index contributed by atoms with van der Waals surface area (Å²) in [5.74, 6) is -0.248. The van der Waals surface area contributed by atoms with Gasteiger partial charge in [-0.05, 0) is 24.5 Å². The molecule has 3 nitrogen and oxygen atoms in total. The normalized spacial score (nSPS) is 23.1. The lowest BCUT2D eigenvalue weighted by molar-refractivity contribution is -0.116. The highest BCUT2D eigenvalue weighted by Gasteiger charge is 2.44. The minimum Gasteiger partial charge on any atom is -0.323 e. The van der Waals surface area contributed by atoms with E-state index in [9.17, 15) is 4.79 Å². The molecule has 0 spiro atoms. The maximum atomic E-state index is 11.6. The van der Waals surface area contributed by atoms with Crippen LogP contribution in [0.1, 0.15) is 11.1 Å². The Balaban J connectivity index is 2.62. The van der Waals surface area contributed by atoms with Crippen LogP contribution in [0.25, 0.3) is 0 Å². The number of nitrogens with one attached hydrogen (secondary N) is 1. The molecule has 1 unspecified atom stereocenters. The van der Waals surface area contributed by atoms with Crippen molar-refractivity contribution in [1.29, 1.82) is 5.26 Å². The number of hydrogen-bond donors (Lipinski definition) is 1. The molecule has 1 aromatic rings. The molecule has 0 bridgehead atoms. The second-order valence-electron chi connectivity index (χ2n) is 3.13. The Kier molecular flexibility index (Phi) is 2.37. The summed E-state index contributed by atoms with van der Waals surface area (Å²) in [4.78, 5) is 11.6. The van der Waals surface area contributed by atoms with Crippen molar-refractivity contribution in [2.75, 3.05) is 11.6 Å². The van der Waals surface area contributed by atoms with E-state index < -0.39 is 4.21 Å². The SMILES string of the molecule is CSC1(Cl)C(=O)Nc2ccc(C#N)cc21. The lowest BCUT2D eigenvalue weighted by atomic mass is 10.1. The number of nitrogens with zero attached hydrogens (tertiary/aromatic N) is 1.